The summed E-state index contributed by atoms with van der Waals surface area (Å²) in [6.07, 6.45) is 0.612. The highest BCUT2D eigenvalue weighted by molar-refractivity contribution is 6.14. The topological polar surface area (TPSA) is 96.0 Å². The Bertz CT molecular complexity index is 1190. The van der Waals surface area contributed by atoms with E-state index < -0.39 is 11.9 Å². The monoisotopic (exact) mass is 402 g/mol. The van der Waals surface area contributed by atoms with E-state index in [0.717, 1.165) is 0 Å². The van der Waals surface area contributed by atoms with Crippen LogP contribution < -0.4 is 9.47 Å². The van der Waals surface area contributed by atoms with Gasteiger partial charge in [-0.1, -0.05) is 0 Å². The van der Waals surface area contributed by atoms with E-state index in [4.69, 9.17) is 9.47 Å². The molecule has 0 amide bonds. The number of ether oxygens (including phenoxy) is 3. The van der Waals surface area contributed by atoms with Crippen molar-refractivity contribution in [2.75, 3.05) is 0 Å². The van der Waals surface area contributed by atoms with E-state index in [1.807, 2.05) is 0 Å². The van der Waals surface area contributed by atoms with Crippen LogP contribution in [0.25, 0.3) is 0 Å². The van der Waals surface area contributed by atoms with Gasteiger partial charge < -0.3 is 14.2 Å². The second-order valence-electron chi connectivity index (χ2n) is 6.48. The third-order valence-electron chi connectivity index (χ3n) is 4.44. The third kappa shape index (κ3) is 3.68. The highest BCUT2D eigenvalue weighted by atomic mass is 16.6. The van der Waals surface area contributed by atoms with Gasteiger partial charge >= 0.3 is 11.9 Å². The highest BCUT2D eigenvalue weighted by Crippen LogP contribution is 2.30. The lowest BCUT2D eigenvalue weighted by atomic mass is 10.1. The molecule has 0 atom stereocenters. The first-order valence-electron chi connectivity index (χ1n) is 8.91. The second-order valence-corrected chi connectivity index (χ2v) is 6.48. The standard InChI is InChI=1S/C23H14O7/c1-13(25)19-8-6-17(10-14(19)12-24)28-15-2-4-16(5-3-15)29-18-7-9-20-21(11-18)23(27)30-22(20)26/h2-12H,1H3. The molecule has 0 unspecified atom stereocenters. The summed E-state index contributed by atoms with van der Waals surface area (Å²) in [6.45, 7) is 1.39. The summed E-state index contributed by atoms with van der Waals surface area (Å²) >= 11 is 0. The maximum absolute atomic E-state index is 11.6. The van der Waals surface area contributed by atoms with Crippen molar-refractivity contribution in [1.82, 2.24) is 0 Å². The van der Waals surface area contributed by atoms with E-state index in [1.165, 1.54) is 25.1 Å². The molecule has 0 N–H and O–H groups in total. The maximum atomic E-state index is 11.6. The van der Waals surface area contributed by atoms with Crippen LogP contribution in [-0.2, 0) is 4.74 Å². The van der Waals surface area contributed by atoms with Crippen LogP contribution in [0.1, 0.15) is 48.4 Å². The van der Waals surface area contributed by atoms with Crippen molar-refractivity contribution in [3.63, 3.8) is 0 Å². The highest BCUT2D eigenvalue weighted by Gasteiger charge is 2.29. The molecule has 0 bridgehead atoms. The summed E-state index contributed by atoms with van der Waals surface area (Å²) in [5.74, 6) is 0.210. The molecule has 3 aromatic rings. The fraction of sp³-hybridized carbons (Fsp3) is 0.0435. The van der Waals surface area contributed by atoms with E-state index in [1.54, 1.807) is 42.5 Å². The van der Waals surface area contributed by atoms with E-state index in [-0.39, 0.29) is 22.5 Å². The molecule has 1 aliphatic heterocycles. The van der Waals surface area contributed by atoms with Crippen LogP contribution in [0.15, 0.2) is 60.7 Å². The molecule has 0 radical (unpaired) electrons. The zero-order chi connectivity index (χ0) is 21.3. The van der Waals surface area contributed by atoms with Crippen LogP contribution >= 0.6 is 0 Å². The van der Waals surface area contributed by atoms with Gasteiger partial charge in [-0.25, -0.2) is 9.59 Å². The van der Waals surface area contributed by atoms with E-state index in [0.29, 0.717) is 34.8 Å². The number of aldehydes is 1. The summed E-state index contributed by atoms with van der Waals surface area (Å²) < 4.78 is 16.0. The number of esters is 2. The number of benzene rings is 3. The molecule has 1 heterocycles. The zero-order valence-corrected chi connectivity index (χ0v) is 15.7. The number of carbonyl (C=O) groups excluding carboxylic acids is 4. The maximum Gasteiger partial charge on any atom is 0.347 e. The minimum absolute atomic E-state index is 0.164. The SMILES string of the molecule is CC(=O)c1ccc(Oc2ccc(Oc3ccc4c(c3)C(=O)OC4=O)cc2)cc1C=O. The lowest BCUT2D eigenvalue weighted by Crippen LogP contribution is -1.99. The Morgan fingerprint density at radius 2 is 1.30 bits per heavy atom. The summed E-state index contributed by atoms with van der Waals surface area (Å²) in [4.78, 5) is 45.9. The third-order valence-corrected chi connectivity index (χ3v) is 4.44. The zero-order valence-electron chi connectivity index (χ0n) is 15.7. The molecule has 148 valence electrons. The van der Waals surface area contributed by atoms with Crippen LogP contribution in [0, 0.1) is 0 Å². The van der Waals surface area contributed by atoms with E-state index in [2.05, 4.69) is 4.74 Å². The lowest BCUT2D eigenvalue weighted by molar-refractivity contribution is 0.0443. The summed E-state index contributed by atoms with van der Waals surface area (Å²) in [5.41, 5.74) is 0.966. The minimum Gasteiger partial charge on any atom is -0.457 e. The van der Waals surface area contributed by atoms with Crippen LogP contribution in [-0.4, -0.2) is 24.0 Å². The number of fused-ring (bicyclic) bond motifs is 1. The largest absolute Gasteiger partial charge is 0.457 e. The van der Waals surface area contributed by atoms with Gasteiger partial charge in [0.15, 0.2) is 12.1 Å². The van der Waals surface area contributed by atoms with Crippen molar-refractivity contribution >= 4 is 24.0 Å². The van der Waals surface area contributed by atoms with Gasteiger partial charge in [0.1, 0.15) is 23.0 Å². The lowest BCUT2D eigenvalue weighted by Gasteiger charge is -2.10. The van der Waals surface area contributed by atoms with Crippen molar-refractivity contribution < 1.29 is 33.4 Å². The van der Waals surface area contributed by atoms with Crippen molar-refractivity contribution in [1.29, 1.82) is 0 Å². The Morgan fingerprint density at radius 3 is 1.90 bits per heavy atom. The molecule has 0 aromatic heterocycles. The molecule has 0 aliphatic carbocycles. The first-order chi connectivity index (χ1) is 14.4. The Balaban J connectivity index is 1.48. The van der Waals surface area contributed by atoms with Gasteiger partial charge in [0, 0.05) is 11.1 Å². The Morgan fingerprint density at radius 1 is 0.767 bits per heavy atom. The quantitative estimate of drug-likeness (QED) is 0.257. The minimum atomic E-state index is -0.699. The van der Waals surface area contributed by atoms with Crippen molar-refractivity contribution in [3.05, 3.63) is 82.9 Å². The van der Waals surface area contributed by atoms with Crippen LogP contribution in [0.2, 0.25) is 0 Å². The smallest absolute Gasteiger partial charge is 0.347 e. The molecule has 1 aliphatic rings. The molecular formula is C23H14O7. The average Bonchev–Trinajstić information content (AvgIpc) is 3.02. The Kier molecular flexibility index (Phi) is 4.85. The second kappa shape index (κ2) is 7.63. The molecule has 7 nitrogen and oxygen atoms in total. The Labute approximate surface area is 170 Å². The van der Waals surface area contributed by atoms with Gasteiger partial charge in [-0.15, -0.1) is 0 Å². The van der Waals surface area contributed by atoms with Crippen LogP contribution in [0.4, 0.5) is 0 Å². The first kappa shape index (κ1) is 19.1. The number of rotatable bonds is 6. The molecule has 3 aromatic carbocycles. The molecule has 30 heavy (non-hydrogen) atoms. The molecule has 7 heteroatoms. The Hall–Kier alpha value is -4.26. The van der Waals surface area contributed by atoms with Crippen molar-refractivity contribution in [3.8, 4) is 23.0 Å². The van der Waals surface area contributed by atoms with E-state index in [9.17, 15) is 19.2 Å². The summed E-state index contributed by atoms with van der Waals surface area (Å²) in [6, 6.07) is 15.8. The number of Topliss-reactive ketones (excluding diaryl/α,β-unsaturated/α-hetero) is 1. The molecule has 0 fully saturated rings. The molecule has 0 saturated heterocycles. The first-order valence-corrected chi connectivity index (χ1v) is 8.91. The molecule has 4 rings (SSSR count). The predicted octanol–water partition coefficient (Wildman–Crippen LogP) is 4.60. The van der Waals surface area contributed by atoms with Gasteiger partial charge in [0.05, 0.1) is 11.1 Å². The van der Waals surface area contributed by atoms with Crippen molar-refractivity contribution in [2.45, 2.75) is 6.92 Å². The normalized spacial score (nSPS) is 12.2. The fourth-order valence-corrected chi connectivity index (χ4v) is 3.00. The van der Waals surface area contributed by atoms with Gasteiger partial charge in [-0.2, -0.15) is 0 Å². The molecule has 0 saturated carbocycles. The number of cyclic esters (lactones) is 2. The van der Waals surface area contributed by atoms with Gasteiger partial charge in [-0.05, 0) is 67.6 Å². The van der Waals surface area contributed by atoms with Crippen LogP contribution in [0.5, 0.6) is 23.0 Å². The summed E-state index contributed by atoms with van der Waals surface area (Å²) in [5, 5.41) is 0. The number of carbonyl (C=O) groups is 4. The van der Waals surface area contributed by atoms with Crippen molar-refractivity contribution in [2.24, 2.45) is 0 Å². The summed E-state index contributed by atoms with van der Waals surface area (Å²) in [7, 11) is 0. The number of ketones is 1. The van der Waals surface area contributed by atoms with Gasteiger partial charge in [-0.3, -0.25) is 9.59 Å². The van der Waals surface area contributed by atoms with E-state index >= 15 is 0 Å². The molecular weight excluding hydrogens is 388 g/mol. The fourth-order valence-electron chi connectivity index (χ4n) is 3.00. The molecule has 0 spiro atoms. The van der Waals surface area contributed by atoms with Gasteiger partial charge in [0.25, 0.3) is 0 Å². The number of hydrogen-bond acceptors (Lipinski definition) is 7. The predicted molar refractivity (Wildman–Crippen MR) is 105 cm³/mol. The average molecular weight is 402 g/mol. The number of hydrogen-bond donors (Lipinski definition) is 0. The van der Waals surface area contributed by atoms with Crippen LogP contribution in [0.3, 0.4) is 0 Å². The van der Waals surface area contributed by atoms with Gasteiger partial charge in [0.2, 0.25) is 0 Å².